The molecule has 1 aromatic carbocycles. The van der Waals surface area contributed by atoms with Crippen LogP contribution in [0.25, 0.3) is 11.0 Å². The molecule has 28 heavy (non-hydrogen) atoms. The molecule has 0 bridgehead atoms. The van der Waals surface area contributed by atoms with Gasteiger partial charge in [0.2, 0.25) is 5.91 Å². The molecule has 1 saturated heterocycles. The quantitative estimate of drug-likeness (QED) is 0.779. The van der Waals surface area contributed by atoms with Crippen molar-refractivity contribution in [2.75, 3.05) is 26.2 Å². The highest BCUT2D eigenvalue weighted by atomic mass is 16.2. The fourth-order valence-electron chi connectivity index (χ4n) is 4.86. The number of nitrogens with zero attached hydrogens (tertiary/aromatic N) is 2. The normalized spacial score (nSPS) is 20.3. The van der Waals surface area contributed by atoms with E-state index in [1.54, 1.807) is 0 Å². The molecule has 1 aliphatic carbocycles. The van der Waals surface area contributed by atoms with Gasteiger partial charge in [0.15, 0.2) is 0 Å². The number of carbonyl (C=O) groups is 1. The van der Waals surface area contributed by atoms with Crippen molar-refractivity contribution in [2.24, 2.45) is 5.92 Å². The minimum absolute atomic E-state index is 0.00434. The number of piperidine rings is 1. The Morgan fingerprint density at radius 2 is 1.75 bits per heavy atom. The van der Waals surface area contributed by atoms with E-state index in [1.165, 1.54) is 25.7 Å². The zero-order valence-electron chi connectivity index (χ0n) is 16.7. The Kier molecular flexibility index (Phi) is 6.15. The maximum Gasteiger partial charge on any atom is 0.326 e. The highest BCUT2D eigenvalue weighted by Gasteiger charge is 2.24. The fraction of sp³-hybridized carbons (Fsp3) is 0.636. The number of carbonyl (C=O) groups excluding carboxylic acids is 1. The summed E-state index contributed by atoms with van der Waals surface area (Å²) in [7, 11) is 0. The third-order valence-corrected chi connectivity index (χ3v) is 6.50. The van der Waals surface area contributed by atoms with Gasteiger partial charge >= 0.3 is 5.69 Å². The van der Waals surface area contributed by atoms with Crippen LogP contribution in [-0.2, 0) is 4.79 Å². The van der Waals surface area contributed by atoms with Crippen LogP contribution in [0.1, 0.15) is 57.4 Å². The summed E-state index contributed by atoms with van der Waals surface area (Å²) in [5.74, 6) is 0.476. The standard InChI is InChI=1S/C22H32N4O2/c27-21(17-7-3-1-2-4-8-17)23-13-16-25-14-11-18(12-15-25)26-20-10-6-5-9-19(20)24-22(26)28/h5-6,9-10,17-18H,1-4,7-8,11-16H2,(H,23,27)(H,24,28). The van der Waals surface area contributed by atoms with Crippen LogP contribution >= 0.6 is 0 Å². The molecule has 2 aromatic rings. The summed E-state index contributed by atoms with van der Waals surface area (Å²) in [6, 6.07) is 8.16. The van der Waals surface area contributed by atoms with Crippen molar-refractivity contribution in [1.82, 2.24) is 19.8 Å². The number of fused-ring (bicyclic) bond motifs is 1. The molecule has 6 heteroatoms. The Labute approximate surface area is 166 Å². The smallest absolute Gasteiger partial charge is 0.326 e. The van der Waals surface area contributed by atoms with E-state index in [9.17, 15) is 9.59 Å². The number of hydrogen-bond acceptors (Lipinski definition) is 3. The molecule has 0 unspecified atom stereocenters. The fourth-order valence-corrected chi connectivity index (χ4v) is 4.86. The van der Waals surface area contributed by atoms with Gasteiger partial charge in [-0.2, -0.15) is 0 Å². The molecule has 6 nitrogen and oxygen atoms in total. The zero-order chi connectivity index (χ0) is 19.3. The van der Waals surface area contributed by atoms with Gasteiger partial charge in [-0.25, -0.2) is 4.79 Å². The number of aromatic amines is 1. The highest BCUT2D eigenvalue weighted by Crippen LogP contribution is 2.25. The van der Waals surface area contributed by atoms with Crippen molar-refractivity contribution in [1.29, 1.82) is 0 Å². The minimum Gasteiger partial charge on any atom is -0.355 e. The Hall–Kier alpha value is -2.08. The number of hydrogen-bond donors (Lipinski definition) is 2. The third kappa shape index (κ3) is 4.32. The summed E-state index contributed by atoms with van der Waals surface area (Å²) in [6.45, 7) is 3.56. The lowest BCUT2D eigenvalue weighted by Crippen LogP contribution is -2.42. The van der Waals surface area contributed by atoms with Crippen LogP contribution in [0.15, 0.2) is 29.1 Å². The molecule has 2 N–H and O–H groups in total. The zero-order valence-corrected chi connectivity index (χ0v) is 16.7. The van der Waals surface area contributed by atoms with Crippen molar-refractivity contribution >= 4 is 16.9 Å². The van der Waals surface area contributed by atoms with Crippen LogP contribution in [0.4, 0.5) is 0 Å². The van der Waals surface area contributed by atoms with Crippen molar-refractivity contribution in [3.8, 4) is 0 Å². The van der Waals surface area contributed by atoms with E-state index in [0.717, 1.165) is 62.9 Å². The van der Waals surface area contributed by atoms with Crippen molar-refractivity contribution in [3.05, 3.63) is 34.7 Å². The molecule has 2 fully saturated rings. The Bertz CT molecular complexity index is 840. The first kappa shape index (κ1) is 19.2. The van der Waals surface area contributed by atoms with E-state index in [4.69, 9.17) is 0 Å². The number of rotatable bonds is 5. The molecule has 1 amide bonds. The summed E-state index contributed by atoms with van der Waals surface area (Å²) in [5.41, 5.74) is 1.91. The molecule has 0 radical (unpaired) electrons. The first-order valence-electron chi connectivity index (χ1n) is 10.9. The van der Waals surface area contributed by atoms with Crippen LogP contribution in [0.3, 0.4) is 0 Å². The molecule has 0 spiro atoms. The lowest BCUT2D eigenvalue weighted by atomic mass is 9.99. The number of nitrogens with one attached hydrogen (secondary N) is 2. The first-order valence-corrected chi connectivity index (χ1v) is 10.9. The average Bonchev–Trinajstić information content (AvgIpc) is 2.87. The van der Waals surface area contributed by atoms with E-state index in [2.05, 4.69) is 15.2 Å². The lowest BCUT2D eigenvalue weighted by Gasteiger charge is -2.32. The molecule has 4 rings (SSSR count). The van der Waals surface area contributed by atoms with Gasteiger partial charge < -0.3 is 15.2 Å². The average molecular weight is 385 g/mol. The molecule has 2 heterocycles. The molecular formula is C22H32N4O2. The highest BCUT2D eigenvalue weighted by molar-refractivity contribution is 5.78. The molecular weight excluding hydrogens is 352 g/mol. The second-order valence-corrected chi connectivity index (χ2v) is 8.37. The van der Waals surface area contributed by atoms with Gasteiger partial charge in [0.25, 0.3) is 0 Å². The Morgan fingerprint density at radius 1 is 1.04 bits per heavy atom. The molecule has 2 aliphatic rings. The van der Waals surface area contributed by atoms with Crippen LogP contribution in [0.5, 0.6) is 0 Å². The molecule has 0 atom stereocenters. The topological polar surface area (TPSA) is 70.1 Å². The Morgan fingerprint density at radius 3 is 2.50 bits per heavy atom. The van der Waals surface area contributed by atoms with Crippen molar-refractivity contribution in [2.45, 2.75) is 57.4 Å². The minimum atomic E-state index is -0.00434. The van der Waals surface area contributed by atoms with Gasteiger partial charge in [0.05, 0.1) is 11.0 Å². The van der Waals surface area contributed by atoms with Gasteiger partial charge in [0, 0.05) is 38.1 Å². The van der Waals surface area contributed by atoms with Crippen molar-refractivity contribution < 1.29 is 4.79 Å². The van der Waals surface area contributed by atoms with Gasteiger partial charge in [-0.05, 0) is 37.8 Å². The van der Waals surface area contributed by atoms with Crippen LogP contribution < -0.4 is 11.0 Å². The summed E-state index contributed by atoms with van der Waals surface area (Å²) >= 11 is 0. The second-order valence-electron chi connectivity index (χ2n) is 8.37. The number of imidazole rings is 1. The number of amides is 1. The van der Waals surface area contributed by atoms with Gasteiger partial charge in [0.1, 0.15) is 0 Å². The SMILES string of the molecule is O=C(NCCN1CCC(n2c(=O)[nH]c3ccccc32)CC1)C1CCCCCC1. The monoisotopic (exact) mass is 384 g/mol. The second kappa shape index (κ2) is 8.95. The van der Waals surface area contributed by atoms with Crippen molar-refractivity contribution in [3.63, 3.8) is 0 Å². The number of aromatic nitrogens is 2. The predicted octanol–water partition coefficient (Wildman–Crippen LogP) is 3.05. The van der Waals surface area contributed by atoms with E-state index >= 15 is 0 Å². The third-order valence-electron chi connectivity index (χ3n) is 6.50. The number of likely N-dealkylation sites (tertiary alicyclic amines) is 1. The summed E-state index contributed by atoms with van der Waals surface area (Å²) in [5, 5.41) is 3.16. The predicted molar refractivity (Wildman–Crippen MR) is 111 cm³/mol. The number of H-pyrrole nitrogens is 1. The lowest BCUT2D eigenvalue weighted by molar-refractivity contribution is -0.125. The van der Waals surface area contributed by atoms with E-state index < -0.39 is 0 Å². The maximum atomic E-state index is 12.4. The Balaban J connectivity index is 1.25. The van der Waals surface area contributed by atoms with Gasteiger partial charge in [-0.1, -0.05) is 37.8 Å². The summed E-state index contributed by atoms with van der Waals surface area (Å²) in [4.78, 5) is 30.1. The largest absolute Gasteiger partial charge is 0.355 e. The van der Waals surface area contributed by atoms with Gasteiger partial charge in [-0.3, -0.25) is 9.36 Å². The number of benzene rings is 1. The van der Waals surface area contributed by atoms with Crippen LogP contribution in [-0.4, -0.2) is 46.5 Å². The van der Waals surface area contributed by atoms with Gasteiger partial charge in [-0.15, -0.1) is 0 Å². The molecule has 1 saturated carbocycles. The molecule has 152 valence electrons. The number of para-hydroxylation sites is 2. The van der Waals surface area contributed by atoms with E-state index in [-0.39, 0.29) is 23.6 Å². The first-order chi connectivity index (χ1) is 13.7. The van der Waals surface area contributed by atoms with E-state index in [1.807, 2.05) is 28.8 Å². The van der Waals surface area contributed by atoms with Crippen LogP contribution in [0, 0.1) is 5.92 Å². The maximum absolute atomic E-state index is 12.4. The van der Waals surface area contributed by atoms with E-state index in [0.29, 0.717) is 0 Å². The molecule has 1 aromatic heterocycles. The summed E-state index contributed by atoms with van der Waals surface area (Å²) in [6.07, 6.45) is 8.98. The van der Waals surface area contributed by atoms with Crippen LogP contribution in [0.2, 0.25) is 0 Å². The molecule has 1 aliphatic heterocycles. The summed E-state index contributed by atoms with van der Waals surface area (Å²) < 4.78 is 1.93.